The van der Waals surface area contributed by atoms with E-state index in [0.29, 0.717) is 5.69 Å². The smallest absolute Gasteiger partial charge is 0.327 e. The number of hydrogen-bond acceptors (Lipinski definition) is 4. The lowest BCUT2D eigenvalue weighted by atomic mass is 10.1. The van der Waals surface area contributed by atoms with Gasteiger partial charge in [0, 0.05) is 13.2 Å². The van der Waals surface area contributed by atoms with Crippen molar-refractivity contribution in [1.82, 2.24) is 15.3 Å². The molecule has 0 saturated heterocycles. The molecular weight excluding hydrogens is 306 g/mol. The maximum Gasteiger partial charge on any atom is 0.327 e. The average Bonchev–Trinajstić information content (AvgIpc) is 2.62. The number of amides is 3. The molecule has 0 bridgehead atoms. The zero-order valence-electron chi connectivity index (χ0n) is 12.9. The van der Waals surface area contributed by atoms with Gasteiger partial charge >= 0.3 is 6.03 Å². The van der Waals surface area contributed by atoms with E-state index in [2.05, 4.69) is 15.3 Å². The zero-order valence-corrected chi connectivity index (χ0v) is 12.9. The molecule has 0 spiro atoms. The third-order valence-corrected chi connectivity index (χ3v) is 3.58. The minimum absolute atomic E-state index is 0.0641. The van der Waals surface area contributed by atoms with Crippen molar-refractivity contribution in [3.05, 3.63) is 60.6 Å². The van der Waals surface area contributed by atoms with E-state index in [1.54, 1.807) is 6.07 Å². The summed E-state index contributed by atoms with van der Waals surface area (Å²) in [6.07, 6.45) is 2.56. The maximum atomic E-state index is 12.4. The predicted molar refractivity (Wildman–Crippen MR) is 91.1 cm³/mol. The van der Waals surface area contributed by atoms with Crippen molar-refractivity contribution in [2.24, 2.45) is 5.73 Å². The lowest BCUT2D eigenvalue weighted by Crippen LogP contribution is -2.36. The predicted octanol–water partition coefficient (Wildman–Crippen LogP) is 2.21. The Bertz CT molecular complexity index is 926. The van der Waals surface area contributed by atoms with Gasteiger partial charge in [-0.2, -0.15) is 0 Å². The summed E-state index contributed by atoms with van der Waals surface area (Å²) >= 11 is 0. The first-order valence-electron chi connectivity index (χ1n) is 7.22. The first-order valence-corrected chi connectivity index (χ1v) is 7.22. The SMILES string of the molecule is CNC(=O)N(c1ccc2ccccc2c1)c1ncncc1C(N)=O. The van der Waals surface area contributed by atoms with Crippen molar-refractivity contribution in [1.29, 1.82) is 0 Å². The summed E-state index contributed by atoms with van der Waals surface area (Å²) < 4.78 is 0. The summed E-state index contributed by atoms with van der Waals surface area (Å²) in [6.45, 7) is 0. The van der Waals surface area contributed by atoms with Crippen LogP contribution in [0, 0.1) is 0 Å². The molecule has 7 heteroatoms. The van der Waals surface area contributed by atoms with Gasteiger partial charge in [-0.1, -0.05) is 30.3 Å². The molecule has 0 atom stereocenters. The Labute approximate surface area is 138 Å². The highest BCUT2D eigenvalue weighted by atomic mass is 16.2. The van der Waals surface area contributed by atoms with Crippen molar-refractivity contribution in [3.8, 4) is 0 Å². The van der Waals surface area contributed by atoms with E-state index in [1.165, 1.54) is 24.5 Å². The minimum Gasteiger partial charge on any atom is -0.365 e. The van der Waals surface area contributed by atoms with Crippen LogP contribution in [0.2, 0.25) is 0 Å². The molecule has 1 heterocycles. The summed E-state index contributed by atoms with van der Waals surface area (Å²) in [7, 11) is 1.50. The molecule has 3 rings (SSSR count). The second-order valence-corrected chi connectivity index (χ2v) is 5.05. The molecule has 0 radical (unpaired) electrons. The number of benzene rings is 2. The number of hydrogen-bond donors (Lipinski definition) is 2. The van der Waals surface area contributed by atoms with Gasteiger partial charge in [-0.05, 0) is 22.9 Å². The third-order valence-electron chi connectivity index (χ3n) is 3.58. The Morgan fingerprint density at radius 1 is 1.12 bits per heavy atom. The number of primary amides is 1. The molecule has 120 valence electrons. The number of nitrogens with zero attached hydrogens (tertiary/aromatic N) is 3. The second-order valence-electron chi connectivity index (χ2n) is 5.05. The number of nitrogens with one attached hydrogen (secondary N) is 1. The molecule has 7 nitrogen and oxygen atoms in total. The van der Waals surface area contributed by atoms with E-state index >= 15 is 0 Å². The number of rotatable bonds is 3. The van der Waals surface area contributed by atoms with Gasteiger partial charge in [0.15, 0.2) is 5.82 Å². The molecule has 3 amide bonds. The largest absolute Gasteiger partial charge is 0.365 e. The number of carbonyl (C=O) groups excluding carboxylic acids is 2. The van der Waals surface area contributed by atoms with Crippen LogP contribution < -0.4 is 16.0 Å². The van der Waals surface area contributed by atoms with Crippen LogP contribution in [0.15, 0.2) is 55.0 Å². The van der Waals surface area contributed by atoms with E-state index in [4.69, 9.17) is 5.73 Å². The first-order chi connectivity index (χ1) is 11.6. The Hall–Kier alpha value is -3.48. The fourth-order valence-electron chi connectivity index (χ4n) is 2.44. The fraction of sp³-hybridized carbons (Fsp3) is 0.0588. The van der Waals surface area contributed by atoms with Crippen LogP contribution >= 0.6 is 0 Å². The highest BCUT2D eigenvalue weighted by molar-refractivity contribution is 6.06. The molecule has 0 aliphatic carbocycles. The van der Waals surface area contributed by atoms with Gasteiger partial charge in [-0.25, -0.2) is 19.7 Å². The van der Waals surface area contributed by atoms with Crippen LogP contribution in [0.5, 0.6) is 0 Å². The van der Waals surface area contributed by atoms with Crippen molar-refractivity contribution in [2.45, 2.75) is 0 Å². The number of fused-ring (bicyclic) bond motifs is 1. The summed E-state index contributed by atoms with van der Waals surface area (Å²) in [5.41, 5.74) is 6.01. The minimum atomic E-state index is -0.708. The van der Waals surface area contributed by atoms with E-state index in [0.717, 1.165) is 10.8 Å². The van der Waals surface area contributed by atoms with Crippen LogP contribution in [-0.2, 0) is 0 Å². The van der Waals surface area contributed by atoms with E-state index in [9.17, 15) is 9.59 Å². The van der Waals surface area contributed by atoms with Gasteiger partial charge in [0.1, 0.15) is 11.9 Å². The number of carbonyl (C=O) groups is 2. The number of urea groups is 1. The van der Waals surface area contributed by atoms with Crippen LogP contribution in [0.1, 0.15) is 10.4 Å². The Morgan fingerprint density at radius 2 is 1.88 bits per heavy atom. The van der Waals surface area contributed by atoms with Crippen molar-refractivity contribution in [3.63, 3.8) is 0 Å². The zero-order chi connectivity index (χ0) is 17.1. The second kappa shape index (κ2) is 6.33. The highest BCUT2D eigenvalue weighted by Crippen LogP contribution is 2.29. The standard InChI is InChI=1S/C17H15N5O2/c1-19-17(24)22(16-14(15(18)23)9-20-10-21-16)13-7-6-11-4-2-3-5-12(11)8-13/h2-10H,1H3,(H2,18,23)(H,19,24). The van der Waals surface area contributed by atoms with Crippen molar-refractivity contribution >= 4 is 34.2 Å². The molecule has 0 saturated carbocycles. The normalized spacial score (nSPS) is 10.4. The molecule has 24 heavy (non-hydrogen) atoms. The van der Waals surface area contributed by atoms with Gasteiger partial charge in [-0.3, -0.25) is 4.79 Å². The number of nitrogens with two attached hydrogens (primary N) is 1. The average molecular weight is 321 g/mol. The molecule has 0 unspecified atom stereocenters. The van der Waals surface area contributed by atoms with E-state index in [-0.39, 0.29) is 11.4 Å². The van der Waals surface area contributed by atoms with Crippen LogP contribution in [0.3, 0.4) is 0 Å². The number of aromatic nitrogens is 2. The van der Waals surface area contributed by atoms with Crippen LogP contribution in [-0.4, -0.2) is 29.0 Å². The summed E-state index contributed by atoms with van der Waals surface area (Å²) in [4.78, 5) is 33.3. The first kappa shape index (κ1) is 15.4. The third kappa shape index (κ3) is 2.74. The summed E-state index contributed by atoms with van der Waals surface area (Å²) in [5.74, 6) is -0.576. The van der Waals surface area contributed by atoms with Gasteiger partial charge in [0.25, 0.3) is 5.91 Å². The van der Waals surface area contributed by atoms with E-state index < -0.39 is 11.9 Å². The summed E-state index contributed by atoms with van der Waals surface area (Å²) in [5, 5.41) is 4.55. The lowest BCUT2D eigenvalue weighted by Gasteiger charge is -2.23. The maximum absolute atomic E-state index is 12.4. The van der Waals surface area contributed by atoms with Gasteiger partial charge in [-0.15, -0.1) is 0 Å². The van der Waals surface area contributed by atoms with Gasteiger partial charge in [0.2, 0.25) is 0 Å². The number of anilines is 2. The molecule has 0 aliphatic heterocycles. The quantitative estimate of drug-likeness (QED) is 0.772. The molecule has 3 N–H and O–H groups in total. The Morgan fingerprint density at radius 3 is 2.58 bits per heavy atom. The lowest BCUT2D eigenvalue weighted by molar-refractivity contribution is 0.100. The molecule has 2 aromatic carbocycles. The van der Waals surface area contributed by atoms with Gasteiger partial charge in [0.05, 0.1) is 5.69 Å². The Balaban J connectivity index is 2.20. The Kier molecular flexibility index (Phi) is 4.07. The molecule has 0 fully saturated rings. The monoisotopic (exact) mass is 321 g/mol. The molecule has 0 aliphatic rings. The van der Waals surface area contributed by atoms with Crippen LogP contribution in [0.4, 0.5) is 16.3 Å². The topological polar surface area (TPSA) is 101 Å². The fourth-order valence-corrected chi connectivity index (χ4v) is 2.44. The van der Waals surface area contributed by atoms with Crippen LogP contribution in [0.25, 0.3) is 10.8 Å². The highest BCUT2D eigenvalue weighted by Gasteiger charge is 2.23. The van der Waals surface area contributed by atoms with Crippen molar-refractivity contribution in [2.75, 3.05) is 11.9 Å². The van der Waals surface area contributed by atoms with Crippen molar-refractivity contribution < 1.29 is 9.59 Å². The molecule has 3 aromatic rings. The van der Waals surface area contributed by atoms with Gasteiger partial charge < -0.3 is 11.1 Å². The van der Waals surface area contributed by atoms with E-state index in [1.807, 2.05) is 36.4 Å². The molecule has 1 aromatic heterocycles. The summed E-state index contributed by atoms with van der Waals surface area (Å²) in [6, 6.07) is 12.8. The molecular formula is C17H15N5O2.